The largest absolute Gasteiger partial charge is 0.416 e. The van der Waals surface area contributed by atoms with E-state index in [4.69, 9.17) is 4.42 Å². The van der Waals surface area contributed by atoms with Gasteiger partial charge >= 0.3 is 11.8 Å². The first-order valence-electron chi connectivity index (χ1n) is 12.0. The zero-order valence-electron chi connectivity index (χ0n) is 20.8. The Kier molecular flexibility index (Phi) is 6.21. The lowest BCUT2D eigenvalue weighted by atomic mass is 9.97. The van der Waals surface area contributed by atoms with Crippen LogP contribution in [0.25, 0.3) is 11.4 Å². The van der Waals surface area contributed by atoms with Crippen LogP contribution in [0.1, 0.15) is 79.5 Å². The molecule has 0 aliphatic heterocycles. The number of amides is 1. The Bertz CT molecular complexity index is 1390. The molecule has 0 saturated heterocycles. The quantitative estimate of drug-likeness (QED) is 0.352. The third-order valence-corrected chi connectivity index (χ3v) is 6.15. The van der Waals surface area contributed by atoms with Crippen molar-refractivity contribution in [2.24, 2.45) is 0 Å². The van der Waals surface area contributed by atoms with Crippen LogP contribution in [0.3, 0.4) is 0 Å². The molecule has 4 aromatic rings. The van der Waals surface area contributed by atoms with Crippen LogP contribution < -0.4 is 10.6 Å². The molecule has 1 amide bonds. The maximum Gasteiger partial charge on any atom is 0.309 e. The van der Waals surface area contributed by atoms with Gasteiger partial charge < -0.3 is 15.1 Å². The highest BCUT2D eigenvalue weighted by Crippen LogP contribution is 2.31. The summed E-state index contributed by atoms with van der Waals surface area (Å²) < 4.78 is 5.63. The highest BCUT2D eigenvalue weighted by molar-refractivity contribution is 5.89. The Hall–Kier alpha value is -4.15. The summed E-state index contributed by atoms with van der Waals surface area (Å²) in [7, 11) is 0. The van der Waals surface area contributed by atoms with E-state index < -0.39 is 0 Å². The van der Waals surface area contributed by atoms with E-state index in [1.165, 1.54) is 0 Å². The highest BCUT2D eigenvalue weighted by atomic mass is 16.4. The number of rotatable bonds is 5. The molecule has 1 unspecified atom stereocenters. The molecule has 11 nitrogen and oxygen atoms in total. The molecule has 4 heterocycles. The minimum Gasteiger partial charge on any atom is -0.416 e. The number of nitrogens with zero attached hydrogens (tertiary/aromatic N) is 6. The van der Waals surface area contributed by atoms with Gasteiger partial charge in [-0.05, 0) is 49.4 Å². The fraction of sp³-hybridized carbons (Fsp3) is 0.400. The van der Waals surface area contributed by atoms with Gasteiger partial charge in [-0.3, -0.25) is 14.9 Å². The fourth-order valence-corrected chi connectivity index (χ4v) is 4.14. The van der Waals surface area contributed by atoms with Crippen LogP contribution in [0.2, 0.25) is 0 Å². The van der Waals surface area contributed by atoms with E-state index in [2.05, 4.69) is 52.0 Å². The summed E-state index contributed by atoms with van der Waals surface area (Å²) >= 11 is 0. The molecule has 0 bridgehead atoms. The summed E-state index contributed by atoms with van der Waals surface area (Å²) in [5.41, 5.74) is 4.99. The lowest BCUT2D eigenvalue weighted by Gasteiger charge is -2.19. The molecule has 11 heteroatoms. The predicted octanol–water partition coefficient (Wildman–Crippen LogP) is 4.19. The number of hydrogen-bond donors (Lipinski definition) is 3. The van der Waals surface area contributed by atoms with Crippen LogP contribution in [0.5, 0.6) is 0 Å². The first kappa shape index (κ1) is 23.6. The van der Waals surface area contributed by atoms with E-state index in [1.54, 1.807) is 12.4 Å². The van der Waals surface area contributed by atoms with Crippen molar-refractivity contribution in [3.8, 4) is 11.4 Å². The molecule has 36 heavy (non-hydrogen) atoms. The molecule has 4 aromatic heterocycles. The Labute approximate surface area is 208 Å². The van der Waals surface area contributed by atoms with Crippen molar-refractivity contribution in [2.75, 3.05) is 5.32 Å². The van der Waals surface area contributed by atoms with Crippen LogP contribution >= 0.6 is 0 Å². The topological polar surface area (TPSA) is 147 Å². The number of aromatic nitrogens is 7. The van der Waals surface area contributed by atoms with Crippen molar-refractivity contribution in [2.45, 2.75) is 64.8 Å². The monoisotopic (exact) mass is 487 g/mol. The summed E-state index contributed by atoms with van der Waals surface area (Å²) in [6.07, 6.45) is 8.95. The van der Waals surface area contributed by atoms with Gasteiger partial charge in [-0.15, -0.1) is 10.2 Å². The standard InChI is InChI=1S/C25H29N9O2/c1-14-20(13-28-32-14)31-24-26-10-9-18(30-24)19-11-15-7-5-6-8-17(16(15)12-27-19)29-21(35)22-33-34-23(36-22)25(2,3)4/h9-13,17H,5-8H2,1-4H3,(H,28,32)(H,29,35)(H,26,30,31). The second-order valence-corrected chi connectivity index (χ2v) is 10.0. The number of nitrogens with one attached hydrogen (secondary N) is 3. The van der Waals surface area contributed by atoms with Crippen molar-refractivity contribution in [1.29, 1.82) is 0 Å². The number of pyridine rings is 1. The molecular weight excluding hydrogens is 458 g/mol. The minimum atomic E-state index is -0.374. The first-order chi connectivity index (χ1) is 17.3. The van der Waals surface area contributed by atoms with Gasteiger partial charge in [0.25, 0.3) is 0 Å². The van der Waals surface area contributed by atoms with Crippen molar-refractivity contribution in [3.05, 3.63) is 59.3 Å². The molecular formula is C25H29N9O2. The van der Waals surface area contributed by atoms with Gasteiger partial charge in [-0.2, -0.15) is 5.10 Å². The fourth-order valence-electron chi connectivity index (χ4n) is 4.14. The van der Waals surface area contributed by atoms with E-state index in [9.17, 15) is 4.79 Å². The first-order valence-corrected chi connectivity index (χ1v) is 12.0. The number of anilines is 2. The molecule has 186 valence electrons. The van der Waals surface area contributed by atoms with Crippen LogP contribution in [0.4, 0.5) is 11.6 Å². The van der Waals surface area contributed by atoms with Crippen LogP contribution in [0, 0.1) is 6.92 Å². The lowest BCUT2D eigenvalue weighted by Crippen LogP contribution is -2.29. The molecule has 3 N–H and O–H groups in total. The van der Waals surface area contributed by atoms with Gasteiger partial charge in [0.05, 0.1) is 35.0 Å². The number of aromatic amines is 1. The zero-order valence-corrected chi connectivity index (χ0v) is 20.8. The molecule has 1 aliphatic rings. The van der Waals surface area contributed by atoms with Crippen molar-refractivity contribution >= 4 is 17.5 Å². The molecule has 1 atom stereocenters. The summed E-state index contributed by atoms with van der Waals surface area (Å²) in [5.74, 6) is 0.500. The van der Waals surface area contributed by atoms with Gasteiger partial charge in [-0.1, -0.05) is 27.2 Å². The summed E-state index contributed by atoms with van der Waals surface area (Å²) in [4.78, 5) is 26.5. The SMILES string of the molecule is Cc1[nH]ncc1Nc1nccc(-c2cc3c(cn2)C(NC(=O)c2nnc(C(C)(C)C)o2)CCCC3)n1. The molecule has 0 spiro atoms. The van der Waals surface area contributed by atoms with Crippen molar-refractivity contribution < 1.29 is 9.21 Å². The molecule has 0 radical (unpaired) electrons. The van der Waals surface area contributed by atoms with Gasteiger partial charge in [-0.25, -0.2) is 9.97 Å². The highest BCUT2D eigenvalue weighted by Gasteiger charge is 2.27. The predicted molar refractivity (Wildman–Crippen MR) is 133 cm³/mol. The zero-order chi connectivity index (χ0) is 25.3. The average Bonchev–Trinajstić information content (AvgIpc) is 3.46. The van der Waals surface area contributed by atoms with E-state index in [0.717, 1.165) is 53.9 Å². The van der Waals surface area contributed by atoms with Gasteiger partial charge in [0.15, 0.2) is 0 Å². The number of hydrogen-bond acceptors (Lipinski definition) is 9. The Morgan fingerprint density at radius 3 is 2.75 bits per heavy atom. The number of carbonyl (C=O) groups excluding carboxylic acids is 1. The van der Waals surface area contributed by atoms with Crippen LogP contribution in [0.15, 0.2) is 35.1 Å². The van der Waals surface area contributed by atoms with Crippen molar-refractivity contribution in [1.82, 2.24) is 40.7 Å². The van der Waals surface area contributed by atoms with Gasteiger partial charge in [0.2, 0.25) is 11.8 Å². The smallest absolute Gasteiger partial charge is 0.309 e. The van der Waals surface area contributed by atoms with Gasteiger partial charge in [0, 0.05) is 17.8 Å². The van der Waals surface area contributed by atoms with E-state index in [-0.39, 0.29) is 23.3 Å². The third kappa shape index (κ3) is 4.95. The average molecular weight is 488 g/mol. The van der Waals surface area contributed by atoms with Crippen molar-refractivity contribution in [3.63, 3.8) is 0 Å². The summed E-state index contributed by atoms with van der Waals surface area (Å²) in [6.45, 7) is 7.80. The molecule has 1 aliphatic carbocycles. The van der Waals surface area contributed by atoms with E-state index in [1.807, 2.05) is 40.0 Å². The Morgan fingerprint density at radius 2 is 2.00 bits per heavy atom. The molecule has 5 rings (SSSR count). The lowest BCUT2D eigenvalue weighted by molar-refractivity contribution is 0.0896. The van der Waals surface area contributed by atoms with Crippen LogP contribution in [-0.4, -0.2) is 41.3 Å². The summed E-state index contributed by atoms with van der Waals surface area (Å²) in [5, 5.41) is 21.1. The molecule has 0 saturated carbocycles. The van der Waals surface area contributed by atoms with E-state index in [0.29, 0.717) is 17.5 Å². The second-order valence-electron chi connectivity index (χ2n) is 10.0. The Balaban J connectivity index is 1.37. The number of aryl methyl sites for hydroxylation is 2. The minimum absolute atomic E-state index is 0.0239. The number of carbonyl (C=O) groups is 1. The maximum absolute atomic E-state index is 12.9. The molecule has 0 aromatic carbocycles. The maximum atomic E-state index is 12.9. The van der Waals surface area contributed by atoms with Crippen LogP contribution in [-0.2, 0) is 11.8 Å². The van der Waals surface area contributed by atoms with E-state index >= 15 is 0 Å². The van der Waals surface area contributed by atoms with Gasteiger partial charge in [0.1, 0.15) is 0 Å². The molecule has 0 fully saturated rings. The number of H-pyrrole nitrogens is 1. The normalized spacial score (nSPS) is 15.7. The Morgan fingerprint density at radius 1 is 1.14 bits per heavy atom. The second kappa shape index (κ2) is 9.48. The summed E-state index contributed by atoms with van der Waals surface area (Å²) in [6, 6.07) is 3.70. The third-order valence-electron chi connectivity index (χ3n) is 6.15. The number of fused-ring (bicyclic) bond motifs is 1.